The van der Waals surface area contributed by atoms with Crippen molar-refractivity contribution in [3.05, 3.63) is 35.9 Å². The van der Waals surface area contributed by atoms with E-state index in [0.29, 0.717) is 26.3 Å². The van der Waals surface area contributed by atoms with Gasteiger partial charge in [-0.1, -0.05) is 37.3 Å². The highest BCUT2D eigenvalue weighted by molar-refractivity contribution is 5.72. The first kappa shape index (κ1) is 15.9. The highest BCUT2D eigenvalue weighted by Crippen LogP contribution is 2.10. The molecule has 5 heteroatoms. The zero-order valence-corrected chi connectivity index (χ0v) is 12.5. The molecule has 1 heterocycles. The lowest BCUT2D eigenvalue weighted by Gasteiger charge is -2.33. The Morgan fingerprint density at radius 1 is 1.48 bits per heavy atom. The Kier molecular flexibility index (Phi) is 6.17. The lowest BCUT2D eigenvalue weighted by Crippen LogP contribution is -2.47. The molecule has 5 nitrogen and oxygen atoms in total. The van der Waals surface area contributed by atoms with E-state index in [1.807, 2.05) is 37.3 Å². The van der Waals surface area contributed by atoms with Gasteiger partial charge in [-0.3, -0.25) is 9.69 Å². The first-order chi connectivity index (χ1) is 10.2. The van der Waals surface area contributed by atoms with Gasteiger partial charge < -0.3 is 15.2 Å². The Morgan fingerprint density at radius 2 is 2.24 bits per heavy atom. The summed E-state index contributed by atoms with van der Waals surface area (Å²) in [6.07, 6.45) is 0.0753. The van der Waals surface area contributed by atoms with Crippen LogP contribution < -0.4 is 5.73 Å². The molecule has 0 aliphatic carbocycles. The lowest BCUT2D eigenvalue weighted by atomic mass is 10.1. The third-order valence-electron chi connectivity index (χ3n) is 3.64. The Hall–Kier alpha value is -1.43. The molecule has 2 N–H and O–H groups in total. The molecule has 0 bridgehead atoms. The summed E-state index contributed by atoms with van der Waals surface area (Å²) in [4.78, 5) is 14.3. The molecule has 21 heavy (non-hydrogen) atoms. The molecule has 116 valence electrons. The fraction of sp³-hybridized carbons (Fsp3) is 0.562. The fourth-order valence-electron chi connectivity index (χ4n) is 2.42. The van der Waals surface area contributed by atoms with Crippen LogP contribution in [0.2, 0.25) is 0 Å². The maximum absolute atomic E-state index is 12.0. The van der Waals surface area contributed by atoms with Gasteiger partial charge in [-0.05, 0) is 5.56 Å². The van der Waals surface area contributed by atoms with E-state index in [2.05, 4.69) is 4.90 Å². The number of benzene rings is 1. The third kappa shape index (κ3) is 5.12. The molecule has 2 atom stereocenters. The minimum absolute atomic E-state index is 0.0753. The highest BCUT2D eigenvalue weighted by Gasteiger charge is 2.23. The van der Waals surface area contributed by atoms with Crippen molar-refractivity contribution in [3.63, 3.8) is 0 Å². The summed E-state index contributed by atoms with van der Waals surface area (Å²) in [5.41, 5.74) is 6.63. The second-order valence-corrected chi connectivity index (χ2v) is 5.48. The van der Waals surface area contributed by atoms with Crippen LogP contribution in [-0.2, 0) is 20.9 Å². The van der Waals surface area contributed by atoms with Crippen molar-refractivity contribution in [3.8, 4) is 0 Å². The number of morpholine rings is 1. The monoisotopic (exact) mass is 292 g/mol. The number of ether oxygens (including phenoxy) is 2. The van der Waals surface area contributed by atoms with Crippen LogP contribution >= 0.6 is 0 Å². The van der Waals surface area contributed by atoms with Crippen molar-refractivity contribution in [1.29, 1.82) is 0 Å². The van der Waals surface area contributed by atoms with E-state index >= 15 is 0 Å². The van der Waals surface area contributed by atoms with E-state index in [0.717, 1.165) is 18.7 Å². The number of rotatable bonds is 6. The van der Waals surface area contributed by atoms with E-state index in [9.17, 15) is 4.79 Å². The predicted octanol–water partition coefficient (Wildman–Crippen LogP) is 1.03. The molecule has 2 unspecified atom stereocenters. The molecule has 0 amide bonds. The zero-order valence-electron chi connectivity index (χ0n) is 12.5. The van der Waals surface area contributed by atoms with Gasteiger partial charge in [0, 0.05) is 26.2 Å². The van der Waals surface area contributed by atoms with E-state index in [1.165, 1.54) is 0 Å². The van der Waals surface area contributed by atoms with E-state index < -0.39 is 0 Å². The van der Waals surface area contributed by atoms with Gasteiger partial charge in [-0.15, -0.1) is 0 Å². The Bertz CT molecular complexity index is 438. The Labute approximate surface area is 126 Å². The van der Waals surface area contributed by atoms with Gasteiger partial charge in [-0.2, -0.15) is 0 Å². The minimum atomic E-state index is -0.158. The zero-order chi connectivity index (χ0) is 15.1. The van der Waals surface area contributed by atoms with Gasteiger partial charge in [0.25, 0.3) is 0 Å². The molecule has 1 aromatic carbocycles. The van der Waals surface area contributed by atoms with Crippen molar-refractivity contribution in [2.75, 3.05) is 32.8 Å². The van der Waals surface area contributed by atoms with Crippen LogP contribution in [0.5, 0.6) is 0 Å². The quantitative estimate of drug-likeness (QED) is 0.793. The van der Waals surface area contributed by atoms with Gasteiger partial charge in [0.15, 0.2) is 0 Å². The van der Waals surface area contributed by atoms with Crippen molar-refractivity contribution in [1.82, 2.24) is 4.90 Å². The minimum Gasteiger partial charge on any atom is -0.461 e. The second kappa shape index (κ2) is 8.12. The summed E-state index contributed by atoms with van der Waals surface area (Å²) >= 11 is 0. The number of carbonyl (C=O) groups is 1. The summed E-state index contributed by atoms with van der Waals surface area (Å²) in [5.74, 6) is -0.306. The predicted molar refractivity (Wildman–Crippen MR) is 80.6 cm³/mol. The topological polar surface area (TPSA) is 64.8 Å². The largest absolute Gasteiger partial charge is 0.461 e. The number of nitrogens with zero attached hydrogens (tertiary/aromatic N) is 1. The van der Waals surface area contributed by atoms with E-state index in [4.69, 9.17) is 15.2 Å². The fourth-order valence-corrected chi connectivity index (χ4v) is 2.42. The number of nitrogens with two attached hydrogens (primary N) is 1. The number of esters is 1. The van der Waals surface area contributed by atoms with Crippen LogP contribution in [0.1, 0.15) is 12.5 Å². The number of hydrogen-bond acceptors (Lipinski definition) is 5. The standard InChI is InChI=1S/C16H24N2O3/c1-13(10-18-7-8-20-15(9-17)11-18)16(19)21-12-14-5-3-2-4-6-14/h2-6,13,15H,7-12,17H2,1H3. The third-order valence-corrected chi connectivity index (χ3v) is 3.64. The van der Waals surface area contributed by atoms with Gasteiger partial charge in [-0.25, -0.2) is 0 Å². The average molecular weight is 292 g/mol. The number of hydrogen-bond donors (Lipinski definition) is 1. The maximum Gasteiger partial charge on any atom is 0.310 e. The van der Waals surface area contributed by atoms with Crippen LogP contribution in [0, 0.1) is 5.92 Å². The first-order valence-electron chi connectivity index (χ1n) is 7.43. The van der Waals surface area contributed by atoms with Gasteiger partial charge >= 0.3 is 5.97 Å². The Balaban J connectivity index is 1.74. The smallest absolute Gasteiger partial charge is 0.310 e. The molecule has 0 aromatic heterocycles. The van der Waals surface area contributed by atoms with Crippen molar-refractivity contribution < 1.29 is 14.3 Å². The molecule has 0 spiro atoms. The normalized spacial score (nSPS) is 21.0. The maximum atomic E-state index is 12.0. The molecule has 1 aromatic rings. The van der Waals surface area contributed by atoms with Crippen molar-refractivity contribution in [2.24, 2.45) is 11.7 Å². The lowest BCUT2D eigenvalue weighted by molar-refractivity contribution is -0.150. The summed E-state index contributed by atoms with van der Waals surface area (Å²) in [6, 6.07) is 9.72. The van der Waals surface area contributed by atoms with Gasteiger partial charge in [0.2, 0.25) is 0 Å². The summed E-state index contributed by atoms with van der Waals surface area (Å²) < 4.78 is 10.9. The summed E-state index contributed by atoms with van der Waals surface area (Å²) in [7, 11) is 0. The molecular weight excluding hydrogens is 268 g/mol. The molecule has 1 fully saturated rings. The number of carbonyl (C=O) groups excluding carboxylic acids is 1. The summed E-state index contributed by atoms with van der Waals surface area (Å²) in [6.45, 7) is 5.74. The van der Waals surface area contributed by atoms with Crippen LogP contribution in [-0.4, -0.2) is 49.8 Å². The van der Waals surface area contributed by atoms with Crippen LogP contribution in [0.25, 0.3) is 0 Å². The molecule has 1 aliphatic rings. The SMILES string of the molecule is CC(CN1CCOC(CN)C1)C(=O)OCc1ccccc1. The van der Waals surface area contributed by atoms with Gasteiger partial charge in [0.1, 0.15) is 6.61 Å². The Morgan fingerprint density at radius 3 is 2.95 bits per heavy atom. The average Bonchev–Trinajstić information content (AvgIpc) is 2.53. The molecule has 0 saturated carbocycles. The van der Waals surface area contributed by atoms with Crippen LogP contribution in [0.3, 0.4) is 0 Å². The van der Waals surface area contributed by atoms with Crippen molar-refractivity contribution >= 4 is 5.97 Å². The first-order valence-corrected chi connectivity index (χ1v) is 7.43. The molecule has 0 radical (unpaired) electrons. The molecule has 1 saturated heterocycles. The molecular formula is C16H24N2O3. The van der Waals surface area contributed by atoms with Crippen LogP contribution in [0.4, 0.5) is 0 Å². The van der Waals surface area contributed by atoms with E-state index in [1.54, 1.807) is 0 Å². The molecule has 1 aliphatic heterocycles. The van der Waals surface area contributed by atoms with Crippen LogP contribution in [0.15, 0.2) is 30.3 Å². The van der Waals surface area contributed by atoms with Crippen molar-refractivity contribution in [2.45, 2.75) is 19.6 Å². The molecule has 2 rings (SSSR count). The van der Waals surface area contributed by atoms with E-state index in [-0.39, 0.29) is 18.0 Å². The van der Waals surface area contributed by atoms with Gasteiger partial charge in [0.05, 0.1) is 18.6 Å². The summed E-state index contributed by atoms with van der Waals surface area (Å²) in [5, 5.41) is 0. The highest BCUT2D eigenvalue weighted by atomic mass is 16.5. The second-order valence-electron chi connectivity index (χ2n) is 5.48.